The SMILES string of the molecule is C=C(CO)C(=O)Oc1ccc(OC(=O)c2ccc(OCCCN3C(=O)C=CC3=O)cc2)cc1. The molecule has 0 saturated heterocycles. The molecule has 3 rings (SSSR count). The lowest BCUT2D eigenvalue weighted by Gasteiger charge is -2.13. The Bertz CT molecular complexity index is 1070. The van der Waals surface area contributed by atoms with Gasteiger partial charge in [-0.15, -0.1) is 0 Å². The number of aliphatic hydroxyl groups is 1. The average molecular weight is 451 g/mol. The molecular formula is C24H21NO8. The molecule has 9 nitrogen and oxygen atoms in total. The van der Waals surface area contributed by atoms with Gasteiger partial charge in [-0.05, 0) is 55.0 Å². The van der Waals surface area contributed by atoms with Crippen LogP contribution in [0.2, 0.25) is 0 Å². The van der Waals surface area contributed by atoms with Gasteiger partial charge in [0.05, 0.1) is 24.4 Å². The summed E-state index contributed by atoms with van der Waals surface area (Å²) in [6.07, 6.45) is 2.95. The van der Waals surface area contributed by atoms with Crippen LogP contribution in [0.1, 0.15) is 16.8 Å². The molecule has 0 spiro atoms. The molecule has 170 valence electrons. The van der Waals surface area contributed by atoms with Crippen molar-refractivity contribution >= 4 is 23.8 Å². The first kappa shape index (κ1) is 23.4. The highest BCUT2D eigenvalue weighted by molar-refractivity contribution is 6.12. The molecule has 0 atom stereocenters. The highest BCUT2D eigenvalue weighted by Crippen LogP contribution is 2.20. The molecule has 33 heavy (non-hydrogen) atoms. The number of aliphatic hydroxyl groups excluding tert-OH is 1. The normalized spacial score (nSPS) is 12.6. The number of amides is 2. The predicted octanol–water partition coefficient (Wildman–Crippen LogP) is 2.05. The zero-order valence-corrected chi connectivity index (χ0v) is 17.6. The molecule has 1 aliphatic heterocycles. The van der Waals surface area contributed by atoms with E-state index in [9.17, 15) is 19.2 Å². The van der Waals surface area contributed by atoms with Crippen molar-refractivity contribution in [2.24, 2.45) is 0 Å². The Kier molecular flexibility index (Phi) is 7.72. The van der Waals surface area contributed by atoms with Gasteiger partial charge in [0.2, 0.25) is 0 Å². The molecular weight excluding hydrogens is 430 g/mol. The molecule has 2 aromatic carbocycles. The number of carbonyl (C=O) groups excluding carboxylic acids is 4. The smallest absolute Gasteiger partial charge is 0.343 e. The Labute approximate surface area is 189 Å². The highest BCUT2D eigenvalue weighted by Gasteiger charge is 2.22. The molecule has 0 radical (unpaired) electrons. The minimum Gasteiger partial charge on any atom is -0.494 e. The average Bonchev–Trinajstić information content (AvgIpc) is 3.14. The van der Waals surface area contributed by atoms with Gasteiger partial charge in [-0.1, -0.05) is 6.58 Å². The topological polar surface area (TPSA) is 119 Å². The molecule has 1 N–H and O–H groups in total. The summed E-state index contributed by atoms with van der Waals surface area (Å²) in [6.45, 7) is 3.44. The van der Waals surface area contributed by atoms with Crippen LogP contribution in [-0.2, 0) is 14.4 Å². The van der Waals surface area contributed by atoms with Crippen LogP contribution in [0.5, 0.6) is 17.2 Å². The first-order chi connectivity index (χ1) is 15.9. The van der Waals surface area contributed by atoms with E-state index in [2.05, 4.69) is 6.58 Å². The number of imide groups is 1. The zero-order valence-electron chi connectivity index (χ0n) is 17.6. The van der Waals surface area contributed by atoms with Crippen molar-refractivity contribution in [1.82, 2.24) is 4.90 Å². The summed E-state index contributed by atoms with van der Waals surface area (Å²) in [5.41, 5.74) is 0.225. The second-order valence-corrected chi connectivity index (χ2v) is 6.90. The second-order valence-electron chi connectivity index (χ2n) is 6.90. The number of benzene rings is 2. The number of hydrogen-bond acceptors (Lipinski definition) is 8. The summed E-state index contributed by atoms with van der Waals surface area (Å²) in [5.74, 6) is -0.998. The molecule has 2 amide bonds. The number of hydrogen-bond donors (Lipinski definition) is 1. The molecule has 9 heteroatoms. The van der Waals surface area contributed by atoms with E-state index in [1.165, 1.54) is 36.4 Å². The van der Waals surface area contributed by atoms with Crippen molar-refractivity contribution < 1.29 is 38.5 Å². The minimum absolute atomic E-state index is 0.0768. The predicted molar refractivity (Wildman–Crippen MR) is 116 cm³/mol. The standard InChI is InChI=1S/C24H21NO8/c1-16(15-26)23(29)32-19-7-9-20(10-8-19)33-24(30)17-3-5-18(6-4-17)31-14-2-13-25-21(27)11-12-22(25)28/h3-12,26H,1-2,13-15H2. The summed E-state index contributed by atoms with van der Waals surface area (Å²) in [5, 5.41) is 8.87. The van der Waals surface area contributed by atoms with Crippen LogP contribution < -0.4 is 14.2 Å². The third-order valence-corrected chi connectivity index (χ3v) is 4.51. The van der Waals surface area contributed by atoms with Crippen molar-refractivity contribution in [3.63, 3.8) is 0 Å². The van der Waals surface area contributed by atoms with Gasteiger partial charge in [0, 0.05) is 18.7 Å². The number of ether oxygens (including phenoxy) is 3. The lowest BCUT2D eigenvalue weighted by molar-refractivity contribution is -0.137. The molecule has 0 saturated carbocycles. The van der Waals surface area contributed by atoms with E-state index >= 15 is 0 Å². The fourth-order valence-electron chi connectivity index (χ4n) is 2.74. The van der Waals surface area contributed by atoms with Crippen molar-refractivity contribution in [3.8, 4) is 17.2 Å². The molecule has 0 unspecified atom stereocenters. The van der Waals surface area contributed by atoms with Crippen LogP contribution in [0.4, 0.5) is 0 Å². The summed E-state index contributed by atoms with van der Waals surface area (Å²) in [4.78, 5) is 48.0. The second kappa shape index (κ2) is 10.9. The molecule has 0 aromatic heterocycles. The van der Waals surface area contributed by atoms with Gasteiger partial charge >= 0.3 is 11.9 Å². The number of nitrogens with zero attached hydrogens (tertiary/aromatic N) is 1. The maximum atomic E-state index is 12.3. The molecule has 1 heterocycles. The fourth-order valence-corrected chi connectivity index (χ4v) is 2.74. The largest absolute Gasteiger partial charge is 0.494 e. The van der Waals surface area contributed by atoms with E-state index in [0.29, 0.717) is 24.3 Å². The monoisotopic (exact) mass is 451 g/mol. The van der Waals surface area contributed by atoms with Gasteiger partial charge in [0.1, 0.15) is 17.2 Å². The Morgan fingerprint density at radius 3 is 1.97 bits per heavy atom. The summed E-state index contributed by atoms with van der Waals surface area (Å²) in [7, 11) is 0. The van der Waals surface area contributed by atoms with E-state index in [0.717, 1.165) is 4.90 Å². The molecule has 1 aliphatic rings. The van der Waals surface area contributed by atoms with Crippen LogP contribution in [0.3, 0.4) is 0 Å². The van der Waals surface area contributed by atoms with Crippen LogP contribution in [-0.4, -0.2) is 53.5 Å². The third kappa shape index (κ3) is 6.37. The van der Waals surface area contributed by atoms with Crippen molar-refractivity contribution in [2.75, 3.05) is 19.8 Å². The van der Waals surface area contributed by atoms with Crippen LogP contribution in [0.25, 0.3) is 0 Å². The van der Waals surface area contributed by atoms with Crippen LogP contribution in [0, 0.1) is 0 Å². The Morgan fingerprint density at radius 1 is 0.848 bits per heavy atom. The first-order valence-corrected chi connectivity index (χ1v) is 9.97. The van der Waals surface area contributed by atoms with Gasteiger partial charge in [-0.3, -0.25) is 14.5 Å². The summed E-state index contributed by atoms with van der Waals surface area (Å²) >= 11 is 0. The van der Waals surface area contributed by atoms with E-state index in [1.807, 2.05) is 0 Å². The molecule has 2 aromatic rings. The van der Waals surface area contributed by atoms with Crippen molar-refractivity contribution in [3.05, 3.63) is 78.4 Å². The number of esters is 2. The molecule has 0 aliphatic carbocycles. The molecule has 0 fully saturated rings. The number of carbonyl (C=O) groups is 4. The van der Waals surface area contributed by atoms with Gasteiger partial charge in [-0.2, -0.15) is 0 Å². The van der Waals surface area contributed by atoms with E-state index in [-0.39, 0.29) is 35.4 Å². The highest BCUT2D eigenvalue weighted by atomic mass is 16.5. The van der Waals surface area contributed by atoms with Crippen LogP contribution in [0.15, 0.2) is 72.8 Å². The zero-order chi connectivity index (χ0) is 23.8. The van der Waals surface area contributed by atoms with Crippen molar-refractivity contribution in [2.45, 2.75) is 6.42 Å². The maximum Gasteiger partial charge on any atom is 0.343 e. The Balaban J connectivity index is 1.45. The minimum atomic E-state index is -0.750. The third-order valence-electron chi connectivity index (χ3n) is 4.51. The Morgan fingerprint density at radius 2 is 1.39 bits per heavy atom. The van der Waals surface area contributed by atoms with E-state index in [1.54, 1.807) is 24.3 Å². The first-order valence-electron chi connectivity index (χ1n) is 9.97. The molecule has 0 bridgehead atoms. The lowest BCUT2D eigenvalue weighted by Crippen LogP contribution is -2.31. The number of rotatable bonds is 10. The van der Waals surface area contributed by atoms with E-state index in [4.69, 9.17) is 19.3 Å². The van der Waals surface area contributed by atoms with Gasteiger partial charge < -0.3 is 19.3 Å². The van der Waals surface area contributed by atoms with E-state index < -0.39 is 18.5 Å². The van der Waals surface area contributed by atoms with Gasteiger partial charge in [0.15, 0.2) is 0 Å². The van der Waals surface area contributed by atoms with Gasteiger partial charge in [0.25, 0.3) is 11.8 Å². The fraction of sp³-hybridized carbons (Fsp3) is 0.167. The Hall–Kier alpha value is -4.24. The van der Waals surface area contributed by atoms with Gasteiger partial charge in [-0.25, -0.2) is 9.59 Å². The van der Waals surface area contributed by atoms with Crippen LogP contribution >= 0.6 is 0 Å². The lowest BCUT2D eigenvalue weighted by atomic mass is 10.2. The van der Waals surface area contributed by atoms with Crippen molar-refractivity contribution in [1.29, 1.82) is 0 Å². The maximum absolute atomic E-state index is 12.3. The quantitative estimate of drug-likeness (QED) is 0.192. The summed E-state index contributed by atoms with van der Waals surface area (Å²) in [6, 6.07) is 12.1. The summed E-state index contributed by atoms with van der Waals surface area (Å²) < 4.78 is 15.9.